The minimum atomic E-state index is -3.81. The highest BCUT2D eigenvalue weighted by Crippen LogP contribution is 2.23. The molecule has 2 aromatic heterocycles. The SMILES string of the molecule is CCN(c1ccccc1)S(=O)(=O)c1ccc(-n2[nH]cc(CC(=O)NC)c2=O)nc1. The van der Waals surface area contributed by atoms with E-state index >= 15 is 0 Å². The van der Waals surface area contributed by atoms with Crippen molar-refractivity contribution >= 4 is 21.6 Å². The van der Waals surface area contributed by atoms with Crippen molar-refractivity contribution in [1.82, 2.24) is 20.1 Å². The van der Waals surface area contributed by atoms with Gasteiger partial charge in [0.15, 0.2) is 5.82 Å². The lowest BCUT2D eigenvalue weighted by atomic mass is 10.2. The molecule has 3 rings (SSSR count). The third kappa shape index (κ3) is 4.06. The van der Waals surface area contributed by atoms with Crippen LogP contribution in [0, 0.1) is 0 Å². The number of amides is 1. The number of carbonyl (C=O) groups excluding carboxylic acids is 1. The Morgan fingerprint density at radius 3 is 2.52 bits per heavy atom. The molecule has 0 saturated carbocycles. The Bertz CT molecular complexity index is 1150. The van der Waals surface area contributed by atoms with E-state index in [1.807, 2.05) is 6.07 Å². The molecule has 0 saturated heterocycles. The Hall–Kier alpha value is -3.40. The van der Waals surface area contributed by atoms with Crippen LogP contribution >= 0.6 is 0 Å². The average molecular weight is 415 g/mol. The summed E-state index contributed by atoms with van der Waals surface area (Å²) in [5, 5.41) is 5.19. The zero-order chi connectivity index (χ0) is 21.0. The summed E-state index contributed by atoms with van der Waals surface area (Å²) >= 11 is 0. The smallest absolute Gasteiger partial charge is 0.276 e. The number of aromatic amines is 1. The van der Waals surface area contributed by atoms with Crippen LogP contribution in [0.5, 0.6) is 0 Å². The molecule has 3 aromatic rings. The largest absolute Gasteiger partial charge is 0.359 e. The van der Waals surface area contributed by atoms with E-state index in [2.05, 4.69) is 15.4 Å². The Labute approximate surface area is 168 Å². The van der Waals surface area contributed by atoms with E-state index in [0.29, 0.717) is 5.69 Å². The maximum atomic E-state index is 13.0. The second-order valence-corrected chi connectivity index (χ2v) is 8.01. The number of nitrogens with one attached hydrogen (secondary N) is 2. The van der Waals surface area contributed by atoms with Crippen molar-refractivity contribution in [3.05, 3.63) is 70.8 Å². The fraction of sp³-hybridized carbons (Fsp3) is 0.211. The number of hydrogen-bond acceptors (Lipinski definition) is 5. The van der Waals surface area contributed by atoms with Gasteiger partial charge in [-0.2, -0.15) is 0 Å². The number of aromatic nitrogens is 3. The summed E-state index contributed by atoms with van der Waals surface area (Å²) in [5.41, 5.74) is 0.416. The molecule has 10 heteroatoms. The fourth-order valence-corrected chi connectivity index (χ4v) is 4.25. The first kappa shape index (κ1) is 20.3. The molecule has 0 unspecified atom stereocenters. The van der Waals surface area contributed by atoms with Crippen LogP contribution in [0.2, 0.25) is 0 Å². The van der Waals surface area contributed by atoms with Gasteiger partial charge < -0.3 is 5.32 Å². The molecule has 29 heavy (non-hydrogen) atoms. The lowest BCUT2D eigenvalue weighted by Gasteiger charge is -2.22. The van der Waals surface area contributed by atoms with Crippen LogP contribution in [0.4, 0.5) is 5.69 Å². The molecule has 0 bridgehead atoms. The number of hydrogen-bond donors (Lipinski definition) is 2. The number of anilines is 1. The Kier molecular flexibility index (Phi) is 5.83. The van der Waals surface area contributed by atoms with Gasteiger partial charge in [0.1, 0.15) is 4.90 Å². The minimum Gasteiger partial charge on any atom is -0.359 e. The van der Waals surface area contributed by atoms with E-state index < -0.39 is 15.6 Å². The first-order valence-electron chi connectivity index (χ1n) is 8.92. The topological polar surface area (TPSA) is 117 Å². The van der Waals surface area contributed by atoms with Gasteiger partial charge in [-0.25, -0.2) is 18.1 Å². The summed E-state index contributed by atoms with van der Waals surface area (Å²) in [7, 11) is -2.32. The van der Waals surface area contributed by atoms with Crippen molar-refractivity contribution in [2.45, 2.75) is 18.2 Å². The predicted molar refractivity (Wildman–Crippen MR) is 109 cm³/mol. The lowest BCUT2D eigenvalue weighted by molar-refractivity contribution is -0.119. The molecule has 2 N–H and O–H groups in total. The highest BCUT2D eigenvalue weighted by Gasteiger charge is 2.24. The summed E-state index contributed by atoms with van der Waals surface area (Å²) in [6.07, 6.45) is 2.58. The molecule has 0 spiro atoms. The van der Waals surface area contributed by atoms with E-state index in [1.54, 1.807) is 31.2 Å². The van der Waals surface area contributed by atoms with E-state index in [9.17, 15) is 18.0 Å². The van der Waals surface area contributed by atoms with Gasteiger partial charge in [-0.05, 0) is 31.2 Å². The van der Waals surface area contributed by atoms with E-state index in [-0.39, 0.29) is 35.1 Å². The van der Waals surface area contributed by atoms with Crippen LogP contribution in [0.3, 0.4) is 0 Å². The van der Waals surface area contributed by atoms with Crippen molar-refractivity contribution in [2.75, 3.05) is 17.9 Å². The van der Waals surface area contributed by atoms with E-state index in [1.165, 1.54) is 35.9 Å². The highest BCUT2D eigenvalue weighted by molar-refractivity contribution is 7.92. The van der Waals surface area contributed by atoms with Crippen molar-refractivity contribution in [3.8, 4) is 5.82 Å². The lowest BCUT2D eigenvalue weighted by Crippen LogP contribution is -2.31. The van der Waals surface area contributed by atoms with Crippen molar-refractivity contribution in [3.63, 3.8) is 0 Å². The third-order valence-corrected chi connectivity index (χ3v) is 6.23. The number of rotatable bonds is 7. The number of benzene rings is 1. The Balaban J connectivity index is 1.90. The summed E-state index contributed by atoms with van der Waals surface area (Å²) in [6.45, 7) is 2.01. The predicted octanol–water partition coefficient (Wildman–Crippen LogP) is 1.06. The Morgan fingerprint density at radius 2 is 1.93 bits per heavy atom. The Morgan fingerprint density at radius 1 is 1.21 bits per heavy atom. The highest BCUT2D eigenvalue weighted by atomic mass is 32.2. The first-order chi connectivity index (χ1) is 13.9. The molecule has 0 aliphatic carbocycles. The third-order valence-electron chi connectivity index (χ3n) is 4.34. The van der Waals surface area contributed by atoms with Crippen LogP contribution in [0.15, 0.2) is 64.5 Å². The molecule has 0 aliphatic heterocycles. The summed E-state index contributed by atoms with van der Waals surface area (Å²) < 4.78 is 28.4. The van der Waals surface area contributed by atoms with Gasteiger partial charge in [-0.1, -0.05) is 18.2 Å². The van der Waals surface area contributed by atoms with Gasteiger partial charge in [0.2, 0.25) is 5.91 Å². The number of pyridine rings is 1. The van der Waals surface area contributed by atoms with Gasteiger partial charge in [-0.3, -0.25) is 19.0 Å². The molecule has 2 heterocycles. The molecule has 1 aromatic carbocycles. The normalized spacial score (nSPS) is 11.2. The van der Waals surface area contributed by atoms with Crippen LogP contribution in [-0.4, -0.2) is 42.7 Å². The molecule has 0 atom stereocenters. The average Bonchev–Trinajstić information content (AvgIpc) is 3.09. The number of likely N-dealkylation sites (N-methyl/N-ethyl adjacent to an activating group) is 1. The molecule has 9 nitrogen and oxygen atoms in total. The van der Waals surface area contributed by atoms with Gasteiger partial charge in [0, 0.05) is 31.5 Å². The number of para-hydroxylation sites is 1. The molecule has 0 fully saturated rings. The van der Waals surface area contributed by atoms with Crippen LogP contribution < -0.4 is 15.2 Å². The zero-order valence-corrected chi connectivity index (χ0v) is 16.8. The molecule has 1 amide bonds. The number of nitrogens with zero attached hydrogens (tertiary/aromatic N) is 3. The van der Waals surface area contributed by atoms with Crippen LogP contribution in [-0.2, 0) is 21.2 Å². The minimum absolute atomic E-state index is 0.0112. The molecular weight excluding hydrogens is 394 g/mol. The summed E-state index contributed by atoms with van der Waals surface area (Å²) in [4.78, 5) is 28.0. The monoisotopic (exact) mass is 415 g/mol. The fourth-order valence-electron chi connectivity index (χ4n) is 2.83. The maximum Gasteiger partial charge on any atom is 0.276 e. The summed E-state index contributed by atoms with van der Waals surface area (Å²) in [5.74, 6) is -0.0666. The van der Waals surface area contributed by atoms with Gasteiger partial charge in [-0.15, -0.1) is 0 Å². The molecule has 0 radical (unpaired) electrons. The second kappa shape index (κ2) is 8.31. The number of sulfonamides is 1. The molecular formula is C19H21N5O4S. The quantitative estimate of drug-likeness (QED) is 0.598. The standard InChI is InChI=1S/C19H21N5O4S/c1-3-23(15-7-5-4-6-8-15)29(27,28)16-9-10-17(21-13-16)24-19(26)14(12-22-24)11-18(25)20-2/h4-10,12-13,22H,3,11H2,1-2H3,(H,20,25). The van der Waals surface area contributed by atoms with Gasteiger partial charge in [0.25, 0.3) is 15.6 Å². The number of carbonyl (C=O) groups is 1. The first-order valence-corrected chi connectivity index (χ1v) is 10.4. The summed E-state index contributed by atoms with van der Waals surface area (Å²) in [6, 6.07) is 11.6. The molecule has 152 valence electrons. The van der Waals surface area contributed by atoms with E-state index in [0.717, 1.165) is 4.68 Å². The second-order valence-electron chi connectivity index (χ2n) is 6.15. The van der Waals surface area contributed by atoms with Gasteiger partial charge in [0.05, 0.1) is 12.1 Å². The van der Waals surface area contributed by atoms with Crippen molar-refractivity contribution in [1.29, 1.82) is 0 Å². The number of H-pyrrole nitrogens is 1. The molecule has 0 aliphatic rings. The van der Waals surface area contributed by atoms with Gasteiger partial charge >= 0.3 is 0 Å². The van der Waals surface area contributed by atoms with E-state index in [4.69, 9.17) is 0 Å². The van der Waals surface area contributed by atoms with Crippen molar-refractivity contribution in [2.24, 2.45) is 0 Å². The zero-order valence-electron chi connectivity index (χ0n) is 16.0. The van der Waals surface area contributed by atoms with Crippen LogP contribution in [0.1, 0.15) is 12.5 Å². The van der Waals surface area contributed by atoms with Crippen molar-refractivity contribution < 1.29 is 13.2 Å². The van der Waals surface area contributed by atoms with Crippen LogP contribution in [0.25, 0.3) is 5.82 Å². The maximum absolute atomic E-state index is 13.0.